The molecule has 0 aliphatic carbocycles. The monoisotopic (exact) mass is 428 g/mol. The zero-order valence-electron chi connectivity index (χ0n) is 15.1. The second-order valence-corrected chi connectivity index (χ2v) is 6.28. The van der Waals surface area contributed by atoms with Crippen LogP contribution in [0.15, 0.2) is 42.5 Å². The average Bonchev–Trinajstić information content (AvgIpc) is 2.65. The summed E-state index contributed by atoms with van der Waals surface area (Å²) < 4.78 is 44.5. The van der Waals surface area contributed by atoms with Gasteiger partial charge >= 0.3 is 11.9 Å². The van der Waals surface area contributed by atoms with E-state index in [0.717, 1.165) is 12.1 Å². The third-order valence-corrected chi connectivity index (χ3v) is 3.85. The lowest BCUT2D eigenvalue weighted by Gasteiger charge is -2.13. The van der Waals surface area contributed by atoms with Crippen molar-refractivity contribution in [2.45, 2.75) is 19.5 Å². The minimum absolute atomic E-state index is 0.0921. The van der Waals surface area contributed by atoms with Crippen LogP contribution in [0.5, 0.6) is 5.75 Å². The smallest absolute Gasteiger partial charge is 0.418 e. The van der Waals surface area contributed by atoms with E-state index in [1.54, 1.807) is 0 Å². The summed E-state index contributed by atoms with van der Waals surface area (Å²) in [5.41, 5.74) is -1.51. The molecule has 0 saturated heterocycles. The molecule has 0 unspecified atom stereocenters. The van der Waals surface area contributed by atoms with Crippen LogP contribution in [0.2, 0.25) is 5.02 Å². The first-order valence-electron chi connectivity index (χ1n) is 8.39. The molecule has 2 aromatic rings. The topological polar surface area (TPSA) is 81.5 Å². The standard InChI is InChI=1S/C19H16ClF3N2O4/c1-2-9-29-17-7-3-12(10-16(17)25(27)28)4-8-18(26)24-15-6-5-13(20)11-14(15)19(21,22)23/h3-8,10-11H,2,9H2,1H3,(H,24,26)/b8-4+. The molecule has 0 heterocycles. The summed E-state index contributed by atoms with van der Waals surface area (Å²) in [6.07, 6.45) is -1.81. The maximum Gasteiger partial charge on any atom is 0.418 e. The van der Waals surface area contributed by atoms with Crippen LogP contribution in [-0.4, -0.2) is 17.4 Å². The largest absolute Gasteiger partial charge is 0.487 e. The van der Waals surface area contributed by atoms with Crippen LogP contribution in [0.4, 0.5) is 24.5 Å². The van der Waals surface area contributed by atoms with Gasteiger partial charge in [-0.05, 0) is 42.3 Å². The van der Waals surface area contributed by atoms with E-state index in [1.807, 2.05) is 6.92 Å². The Labute approximate surface area is 169 Å². The Balaban J connectivity index is 2.20. The molecule has 0 fully saturated rings. The molecule has 0 spiro atoms. The van der Waals surface area contributed by atoms with E-state index in [-0.39, 0.29) is 16.5 Å². The molecule has 1 amide bonds. The summed E-state index contributed by atoms with van der Waals surface area (Å²) >= 11 is 5.59. The molecule has 6 nitrogen and oxygen atoms in total. The van der Waals surface area contributed by atoms with Gasteiger partial charge in [-0.25, -0.2) is 0 Å². The summed E-state index contributed by atoms with van der Waals surface area (Å²) in [5, 5.41) is 13.2. The normalized spacial score (nSPS) is 11.5. The molecule has 29 heavy (non-hydrogen) atoms. The van der Waals surface area contributed by atoms with Crippen molar-refractivity contribution in [3.05, 3.63) is 68.7 Å². The van der Waals surface area contributed by atoms with Gasteiger partial charge in [0.25, 0.3) is 0 Å². The first-order chi connectivity index (χ1) is 13.6. The van der Waals surface area contributed by atoms with Gasteiger partial charge in [-0.15, -0.1) is 0 Å². The summed E-state index contributed by atoms with van der Waals surface area (Å²) in [6, 6.07) is 7.06. The van der Waals surface area contributed by atoms with Gasteiger partial charge in [0, 0.05) is 17.2 Å². The first-order valence-corrected chi connectivity index (χ1v) is 8.76. The summed E-state index contributed by atoms with van der Waals surface area (Å²) in [7, 11) is 0. The predicted molar refractivity (Wildman–Crippen MR) is 103 cm³/mol. The summed E-state index contributed by atoms with van der Waals surface area (Å²) in [5.74, 6) is -0.749. The highest BCUT2D eigenvalue weighted by atomic mass is 35.5. The Hall–Kier alpha value is -3.07. The lowest BCUT2D eigenvalue weighted by atomic mass is 10.1. The third kappa shape index (κ3) is 6.21. The number of nitrogens with one attached hydrogen (secondary N) is 1. The van der Waals surface area contributed by atoms with Gasteiger partial charge in [-0.1, -0.05) is 24.6 Å². The number of anilines is 1. The molecular weight excluding hydrogens is 413 g/mol. The van der Waals surface area contributed by atoms with Crippen molar-refractivity contribution in [2.75, 3.05) is 11.9 Å². The van der Waals surface area contributed by atoms with Crippen molar-refractivity contribution in [3.63, 3.8) is 0 Å². The fraction of sp³-hybridized carbons (Fsp3) is 0.211. The van der Waals surface area contributed by atoms with Gasteiger partial charge in [0.1, 0.15) is 0 Å². The number of nitro groups is 1. The molecule has 2 rings (SSSR count). The van der Waals surface area contributed by atoms with Crippen molar-refractivity contribution in [3.8, 4) is 5.75 Å². The number of ether oxygens (including phenoxy) is 1. The molecule has 0 saturated carbocycles. The van der Waals surface area contributed by atoms with Crippen molar-refractivity contribution in [1.82, 2.24) is 0 Å². The summed E-state index contributed by atoms with van der Waals surface area (Å²) in [6.45, 7) is 2.16. The highest BCUT2D eigenvalue weighted by Gasteiger charge is 2.34. The van der Waals surface area contributed by atoms with Crippen molar-refractivity contribution in [2.24, 2.45) is 0 Å². The van der Waals surface area contributed by atoms with Crippen LogP contribution in [0.1, 0.15) is 24.5 Å². The number of hydrogen-bond donors (Lipinski definition) is 1. The molecule has 154 valence electrons. The zero-order chi connectivity index (χ0) is 21.6. The number of nitrogens with zero attached hydrogens (tertiary/aromatic N) is 1. The lowest BCUT2D eigenvalue weighted by Crippen LogP contribution is -2.14. The number of nitro benzene ring substituents is 1. The Kier molecular flexibility index (Phi) is 7.22. The quantitative estimate of drug-likeness (QED) is 0.348. The van der Waals surface area contributed by atoms with Crippen LogP contribution in [0.25, 0.3) is 6.08 Å². The fourth-order valence-corrected chi connectivity index (χ4v) is 2.49. The highest BCUT2D eigenvalue weighted by molar-refractivity contribution is 6.30. The molecule has 1 N–H and O–H groups in total. The maximum absolute atomic E-state index is 13.1. The van der Waals surface area contributed by atoms with E-state index in [2.05, 4.69) is 5.32 Å². The number of hydrogen-bond acceptors (Lipinski definition) is 4. The van der Waals surface area contributed by atoms with Crippen molar-refractivity contribution < 1.29 is 27.6 Å². The van der Waals surface area contributed by atoms with Crippen LogP contribution < -0.4 is 10.1 Å². The summed E-state index contributed by atoms with van der Waals surface area (Å²) in [4.78, 5) is 22.6. The first kappa shape index (κ1) is 22.2. The van der Waals surface area contributed by atoms with Gasteiger partial charge in [0.15, 0.2) is 5.75 Å². The second kappa shape index (κ2) is 9.42. The van der Waals surface area contributed by atoms with E-state index in [9.17, 15) is 28.1 Å². The molecule has 0 aliphatic rings. The van der Waals surface area contributed by atoms with Crippen LogP contribution >= 0.6 is 11.6 Å². The zero-order valence-corrected chi connectivity index (χ0v) is 15.9. The van der Waals surface area contributed by atoms with Crippen LogP contribution in [0, 0.1) is 10.1 Å². The maximum atomic E-state index is 13.1. The van der Waals surface area contributed by atoms with E-state index >= 15 is 0 Å². The number of alkyl halides is 3. The number of carbonyl (C=O) groups is 1. The molecule has 0 radical (unpaired) electrons. The molecule has 10 heteroatoms. The van der Waals surface area contributed by atoms with Gasteiger partial charge < -0.3 is 10.1 Å². The number of amides is 1. The molecular formula is C19H16ClF3N2O4. The molecule has 0 atom stereocenters. The number of halogens is 4. The Morgan fingerprint density at radius 2 is 2.00 bits per heavy atom. The average molecular weight is 429 g/mol. The Bertz CT molecular complexity index is 946. The van der Waals surface area contributed by atoms with Crippen LogP contribution in [-0.2, 0) is 11.0 Å². The number of carbonyl (C=O) groups excluding carboxylic acids is 1. The molecule has 2 aromatic carbocycles. The van der Waals surface area contributed by atoms with E-state index < -0.39 is 28.3 Å². The molecule has 0 aromatic heterocycles. The minimum Gasteiger partial charge on any atom is -0.487 e. The second-order valence-electron chi connectivity index (χ2n) is 5.84. The van der Waals surface area contributed by atoms with Gasteiger partial charge in [0.05, 0.1) is 22.8 Å². The van der Waals surface area contributed by atoms with Crippen molar-refractivity contribution >= 4 is 35.0 Å². The van der Waals surface area contributed by atoms with Gasteiger partial charge in [-0.3, -0.25) is 14.9 Å². The van der Waals surface area contributed by atoms with Gasteiger partial charge in [-0.2, -0.15) is 13.2 Å². The lowest BCUT2D eigenvalue weighted by molar-refractivity contribution is -0.385. The predicted octanol–water partition coefficient (Wildman–Crippen LogP) is 5.71. The SMILES string of the molecule is CCCOc1ccc(/C=C/C(=O)Nc2ccc(Cl)cc2C(F)(F)F)cc1[N+](=O)[O-]. The fourth-order valence-electron chi connectivity index (χ4n) is 2.32. The highest BCUT2D eigenvalue weighted by Crippen LogP contribution is 2.36. The third-order valence-electron chi connectivity index (χ3n) is 3.61. The van der Waals surface area contributed by atoms with E-state index in [0.29, 0.717) is 24.7 Å². The Morgan fingerprint density at radius 1 is 1.28 bits per heavy atom. The number of benzene rings is 2. The van der Waals surface area contributed by atoms with E-state index in [4.69, 9.17) is 16.3 Å². The van der Waals surface area contributed by atoms with Crippen molar-refractivity contribution in [1.29, 1.82) is 0 Å². The number of rotatable bonds is 7. The minimum atomic E-state index is -4.70. The van der Waals surface area contributed by atoms with E-state index in [1.165, 1.54) is 30.3 Å². The van der Waals surface area contributed by atoms with Gasteiger partial charge in [0.2, 0.25) is 5.91 Å². The molecule has 0 bridgehead atoms. The Morgan fingerprint density at radius 3 is 2.62 bits per heavy atom. The molecule has 0 aliphatic heterocycles. The van der Waals surface area contributed by atoms with Crippen LogP contribution in [0.3, 0.4) is 0 Å².